The molecule has 0 heterocycles. The van der Waals surface area contributed by atoms with Crippen LogP contribution in [0.2, 0.25) is 0 Å². The van der Waals surface area contributed by atoms with E-state index in [2.05, 4.69) is 37.5 Å². The minimum atomic E-state index is 0.737. The van der Waals surface area contributed by atoms with Gasteiger partial charge in [0.2, 0.25) is 0 Å². The van der Waals surface area contributed by atoms with Crippen molar-refractivity contribution in [1.29, 1.82) is 0 Å². The highest BCUT2D eigenvalue weighted by molar-refractivity contribution is 5.73. The number of hydrogen-bond donors (Lipinski definition) is 2. The van der Waals surface area contributed by atoms with Crippen molar-refractivity contribution in [2.24, 2.45) is 5.73 Å². The first-order chi connectivity index (χ1) is 9.60. The zero-order chi connectivity index (χ0) is 15.1. The molecule has 0 fully saturated rings. The molecule has 0 unspecified atom stereocenters. The van der Waals surface area contributed by atoms with E-state index in [4.69, 9.17) is 5.73 Å². The van der Waals surface area contributed by atoms with Gasteiger partial charge in [-0.1, -0.05) is 56.5 Å². The second-order valence-corrected chi connectivity index (χ2v) is 4.55. The summed E-state index contributed by atoms with van der Waals surface area (Å²) < 4.78 is 0. The van der Waals surface area contributed by atoms with Gasteiger partial charge in [-0.15, -0.1) is 0 Å². The monoisotopic (exact) mass is 268 g/mol. The molecule has 1 rings (SSSR count). The topological polar surface area (TPSA) is 38.0 Å². The molecule has 2 heteroatoms. The summed E-state index contributed by atoms with van der Waals surface area (Å²) in [5, 5.41) is 3.20. The Morgan fingerprint density at radius 2 is 1.90 bits per heavy atom. The van der Waals surface area contributed by atoms with Crippen LogP contribution in [0.25, 0.3) is 5.70 Å². The highest BCUT2D eigenvalue weighted by atomic mass is 14.9. The zero-order valence-corrected chi connectivity index (χ0v) is 12.7. The lowest BCUT2D eigenvalue weighted by atomic mass is 9.97. The second-order valence-electron chi connectivity index (χ2n) is 4.55. The van der Waals surface area contributed by atoms with Gasteiger partial charge < -0.3 is 11.1 Å². The van der Waals surface area contributed by atoms with Crippen LogP contribution in [0.15, 0.2) is 66.4 Å². The van der Waals surface area contributed by atoms with Gasteiger partial charge in [-0.25, -0.2) is 0 Å². The van der Waals surface area contributed by atoms with E-state index in [0.717, 1.165) is 34.5 Å². The lowest BCUT2D eigenvalue weighted by molar-refractivity contribution is 1.00. The summed E-state index contributed by atoms with van der Waals surface area (Å²) in [7, 11) is 1.87. The Bertz CT molecular complexity index is 563. The molecule has 0 aliphatic rings. The van der Waals surface area contributed by atoms with Crippen LogP contribution in [-0.2, 0) is 6.42 Å². The Labute approximate surface area is 122 Å². The summed E-state index contributed by atoms with van der Waals surface area (Å²) in [5.74, 6) is 0. The van der Waals surface area contributed by atoms with Crippen LogP contribution in [0, 0.1) is 0 Å². The predicted octanol–water partition coefficient (Wildman–Crippen LogP) is 3.78. The summed E-state index contributed by atoms with van der Waals surface area (Å²) >= 11 is 0. The molecule has 0 saturated heterocycles. The molecule has 0 atom stereocenters. The lowest BCUT2D eigenvalue weighted by Crippen LogP contribution is -2.16. The van der Waals surface area contributed by atoms with E-state index in [1.807, 2.05) is 38.3 Å². The molecular formula is C18H24N2. The van der Waals surface area contributed by atoms with Gasteiger partial charge in [0.05, 0.1) is 11.4 Å². The molecule has 0 saturated carbocycles. The van der Waals surface area contributed by atoms with E-state index in [9.17, 15) is 0 Å². The summed E-state index contributed by atoms with van der Waals surface area (Å²) in [5.41, 5.74) is 12.3. The van der Waals surface area contributed by atoms with E-state index in [0.29, 0.717) is 0 Å². The number of nitrogens with two attached hydrogens (primary N) is 1. The molecule has 106 valence electrons. The van der Waals surface area contributed by atoms with Crippen LogP contribution in [0.4, 0.5) is 0 Å². The molecule has 3 N–H and O–H groups in total. The van der Waals surface area contributed by atoms with E-state index in [1.165, 1.54) is 5.56 Å². The van der Waals surface area contributed by atoms with Gasteiger partial charge in [-0.2, -0.15) is 0 Å². The minimum absolute atomic E-state index is 0.737. The molecule has 2 nitrogen and oxygen atoms in total. The molecule has 0 spiro atoms. The standard InChI is InChI=1S/C18H24N2/c1-6-13(4)15(8-3)18(20-5)17(19)16-12-10-9-11-14(16)7-2/h6,8-12,20H,1,3,7,19H2,2,4-5H3/b15-13+,18-17-. The Hall–Kier alpha value is -2.22. The summed E-state index contributed by atoms with van der Waals surface area (Å²) in [4.78, 5) is 0. The fourth-order valence-electron chi connectivity index (χ4n) is 2.21. The first kappa shape index (κ1) is 15.8. The van der Waals surface area contributed by atoms with Crippen LogP contribution in [0.3, 0.4) is 0 Å². The van der Waals surface area contributed by atoms with Crippen LogP contribution in [0.5, 0.6) is 0 Å². The van der Waals surface area contributed by atoms with E-state index < -0.39 is 0 Å². The average molecular weight is 268 g/mol. The lowest BCUT2D eigenvalue weighted by Gasteiger charge is -2.16. The Morgan fingerprint density at radius 3 is 2.40 bits per heavy atom. The number of likely N-dealkylation sites (N-methyl/N-ethyl adjacent to an activating group) is 1. The minimum Gasteiger partial charge on any atom is -0.397 e. The van der Waals surface area contributed by atoms with Crippen LogP contribution in [0.1, 0.15) is 25.0 Å². The number of aryl methyl sites for hydroxylation is 1. The highest BCUT2D eigenvalue weighted by Gasteiger charge is 2.11. The Morgan fingerprint density at radius 1 is 1.25 bits per heavy atom. The molecule has 0 aromatic heterocycles. The zero-order valence-electron chi connectivity index (χ0n) is 12.7. The molecule has 0 radical (unpaired) electrons. The molecular weight excluding hydrogens is 244 g/mol. The third-order valence-corrected chi connectivity index (χ3v) is 3.41. The maximum atomic E-state index is 6.40. The van der Waals surface area contributed by atoms with E-state index >= 15 is 0 Å². The van der Waals surface area contributed by atoms with Crippen molar-refractivity contribution in [3.05, 3.63) is 77.5 Å². The molecule has 20 heavy (non-hydrogen) atoms. The average Bonchev–Trinajstić information content (AvgIpc) is 2.50. The summed E-state index contributed by atoms with van der Waals surface area (Å²) in [6, 6.07) is 8.20. The van der Waals surface area contributed by atoms with Crippen molar-refractivity contribution < 1.29 is 0 Å². The van der Waals surface area contributed by atoms with Crippen molar-refractivity contribution >= 4 is 5.70 Å². The smallest absolute Gasteiger partial charge is 0.0653 e. The van der Waals surface area contributed by atoms with Gasteiger partial charge in [0.15, 0.2) is 0 Å². The Balaban J connectivity index is 3.54. The normalized spacial score (nSPS) is 13.2. The molecule has 1 aromatic rings. The first-order valence-corrected chi connectivity index (χ1v) is 6.82. The van der Waals surface area contributed by atoms with Crippen LogP contribution < -0.4 is 11.1 Å². The van der Waals surface area contributed by atoms with Gasteiger partial charge >= 0.3 is 0 Å². The predicted molar refractivity (Wildman–Crippen MR) is 89.1 cm³/mol. The van der Waals surface area contributed by atoms with Crippen LogP contribution in [-0.4, -0.2) is 7.05 Å². The number of rotatable bonds is 6. The van der Waals surface area contributed by atoms with Crippen molar-refractivity contribution in [2.75, 3.05) is 7.05 Å². The molecule has 0 bridgehead atoms. The van der Waals surface area contributed by atoms with Gasteiger partial charge in [0.25, 0.3) is 0 Å². The fraction of sp³-hybridized carbons (Fsp3) is 0.222. The largest absolute Gasteiger partial charge is 0.397 e. The Kier molecular flexibility index (Phi) is 5.85. The number of benzene rings is 1. The van der Waals surface area contributed by atoms with Gasteiger partial charge in [0.1, 0.15) is 0 Å². The maximum Gasteiger partial charge on any atom is 0.0653 e. The third-order valence-electron chi connectivity index (χ3n) is 3.41. The van der Waals surface area contributed by atoms with Crippen molar-refractivity contribution in [3.8, 4) is 0 Å². The molecule has 0 aliphatic carbocycles. The summed E-state index contributed by atoms with van der Waals surface area (Å²) in [6.07, 6.45) is 4.57. The van der Waals surface area contributed by atoms with E-state index in [-0.39, 0.29) is 0 Å². The van der Waals surface area contributed by atoms with Gasteiger partial charge in [-0.3, -0.25) is 0 Å². The van der Waals surface area contributed by atoms with Crippen molar-refractivity contribution in [3.63, 3.8) is 0 Å². The molecule has 0 aliphatic heterocycles. The van der Waals surface area contributed by atoms with Crippen LogP contribution >= 0.6 is 0 Å². The van der Waals surface area contributed by atoms with Gasteiger partial charge in [-0.05, 0) is 24.5 Å². The van der Waals surface area contributed by atoms with Gasteiger partial charge in [0, 0.05) is 18.2 Å². The maximum absolute atomic E-state index is 6.40. The molecule has 1 aromatic carbocycles. The quantitative estimate of drug-likeness (QED) is 0.770. The fourth-order valence-corrected chi connectivity index (χ4v) is 2.21. The van der Waals surface area contributed by atoms with Crippen molar-refractivity contribution in [1.82, 2.24) is 5.32 Å². The SMILES string of the molecule is C=C/C(C)=C(C=C)/C(NC)=C(/N)c1ccccc1CC. The number of allylic oxidation sites excluding steroid dienone is 3. The van der Waals surface area contributed by atoms with Crippen molar-refractivity contribution in [2.45, 2.75) is 20.3 Å². The third kappa shape index (κ3) is 3.21. The highest BCUT2D eigenvalue weighted by Crippen LogP contribution is 2.24. The first-order valence-electron chi connectivity index (χ1n) is 6.82. The summed E-state index contributed by atoms with van der Waals surface area (Å²) in [6.45, 7) is 11.8. The number of hydrogen-bond acceptors (Lipinski definition) is 2. The number of nitrogens with one attached hydrogen (secondary N) is 1. The van der Waals surface area contributed by atoms with E-state index in [1.54, 1.807) is 0 Å². The second kappa shape index (κ2) is 7.39. The molecule has 0 amide bonds.